The fourth-order valence-electron chi connectivity index (χ4n) is 7.25. The summed E-state index contributed by atoms with van der Waals surface area (Å²) in [5.41, 5.74) is 3.04. The van der Waals surface area contributed by atoms with Crippen LogP contribution in [0, 0.1) is 47.1 Å². The molecule has 1 aromatic rings. The van der Waals surface area contributed by atoms with Crippen LogP contribution in [0.5, 0.6) is 0 Å². The molecule has 15 heteroatoms. The molecule has 0 radical (unpaired) electrons. The summed E-state index contributed by atoms with van der Waals surface area (Å²) < 4.78 is 13.2. The zero-order chi connectivity index (χ0) is 30.6. The summed E-state index contributed by atoms with van der Waals surface area (Å²) in [6.45, 7) is 15.0. The van der Waals surface area contributed by atoms with Gasteiger partial charge in [-0.1, -0.05) is 27.7 Å². The second-order valence-electron chi connectivity index (χ2n) is 13.5. The molecule has 0 spiro atoms. The second kappa shape index (κ2) is 11.6. The van der Waals surface area contributed by atoms with Gasteiger partial charge in [0.25, 0.3) is 5.91 Å². The van der Waals surface area contributed by atoms with Crippen LogP contribution in [-0.4, -0.2) is 70.6 Å². The van der Waals surface area contributed by atoms with E-state index in [1.54, 1.807) is 6.92 Å². The van der Waals surface area contributed by atoms with Crippen molar-refractivity contribution in [1.82, 2.24) is 31.5 Å². The highest BCUT2D eigenvalue weighted by molar-refractivity contribution is 7.13. The molecule has 42 heavy (non-hydrogen) atoms. The van der Waals surface area contributed by atoms with Crippen LogP contribution in [0.25, 0.3) is 0 Å². The van der Waals surface area contributed by atoms with Crippen molar-refractivity contribution in [3.8, 4) is 0 Å². The number of rotatable bonds is 13. The van der Waals surface area contributed by atoms with E-state index in [0.717, 1.165) is 23.0 Å². The molecule has 6 rings (SSSR count). The molecule has 3 aliphatic carbocycles. The molecule has 5 aliphatic rings. The minimum Gasteiger partial charge on any atom is -0.404 e. The first-order valence-corrected chi connectivity index (χ1v) is 15.8. The normalized spacial score (nSPS) is 30.4. The standard InChI is InChI=1S/C27H44BN7O6S/c1-14(2)11-21(28-40-20-13-17-12-19(26(17,5)6)27(20,7)41-28)32-23(36)18(9-8-10-29-25-33-34(25)35(38)39)31-24(37)22-15(3)30-16(4)42-22/h14,17-21,25,29,33H,8-13H2,1-7H3,(H,31,37)(H,32,36)/t17-,18-,19-,20+,21-,25?,27-,34?/m0/s1. The third kappa shape index (κ3) is 6.03. The summed E-state index contributed by atoms with van der Waals surface area (Å²) >= 11 is 1.29. The van der Waals surface area contributed by atoms with Crippen molar-refractivity contribution in [3.63, 3.8) is 0 Å². The fourth-order valence-corrected chi connectivity index (χ4v) is 8.07. The van der Waals surface area contributed by atoms with Gasteiger partial charge >= 0.3 is 7.12 Å². The number of hydrazine groups is 2. The quantitative estimate of drug-likeness (QED) is 0.0861. The Bertz CT molecular complexity index is 1220. The number of hydrogen-bond donors (Lipinski definition) is 4. The van der Waals surface area contributed by atoms with Gasteiger partial charge < -0.3 is 19.9 Å². The first kappa shape index (κ1) is 31.1. The Balaban J connectivity index is 1.26. The Labute approximate surface area is 251 Å². The van der Waals surface area contributed by atoms with Gasteiger partial charge in [0.1, 0.15) is 10.9 Å². The smallest absolute Gasteiger partial charge is 0.404 e. The molecule has 2 bridgehead atoms. The molecule has 232 valence electrons. The highest BCUT2D eigenvalue weighted by Crippen LogP contribution is 2.65. The maximum atomic E-state index is 13.8. The highest BCUT2D eigenvalue weighted by Gasteiger charge is 2.68. The van der Waals surface area contributed by atoms with Crippen molar-refractivity contribution in [2.75, 3.05) is 6.54 Å². The Morgan fingerprint density at radius 2 is 2.00 bits per heavy atom. The summed E-state index contributed by atoms with van der Waals surface area (Å²) in [6.07, 6.45) is 3.07. The second-order valence-corrected chi connectivity index (χ2v) is 14.7. The number of hydrogen-bond acceptors (Lipinski definition) is 10. The van der Waals surface area contributed by atoms with E-state index in [2.05, 4.69) is 61.0 Å². The van der Waals surface area contributed by atoms with E-state index in [1.165, 1.54) is 11.3 Å². The summed E-state index contributed by atoms with van der Waals surface area (Å²) in [7, 11) is -0.569. The third-order valence-electron chi connectivity index (χ3n) is 9.70. The maximum absolute atomic E-state index is 13.8. The summed E-state index contributed by atoms with van der Waals surface area (Å²) in [6, 6.07) is -0.819. The fraction of sp³-hybridized carbons (Fsp3) is 0.815. The van der Waals surface area contributed by atoms with Crippen LogP contribution in [0.2, 0.25) is 0 Å². The van der Waals surface area contributed by atoms with Crippen LogP contribution < -0.4 is 21.4 Å². The van der Waals surface area contributed by atoms with E-state index in [9.17, 15) is 19.7 Å². The Kier molecular flexibility index (Phi) is 8.62. The molecular weight excluding hydrogens is 561 g/mol. The molecule has 2 amide bonds. The monoisotopic (exact) mass is 605 g/mol. The van der Waals surface area contributed by atoms with Crippen molar-refractivity contribution in [1.29, 1.82) is 0 Å². The summed E-state index contributed by atoms with van der Waals surface area (Å²) in [5.74, 6) is 0.279. The number of thiazole rings is 1. The zero-order valence-electron chi connectivity index (χ0n) is 25.6. The van der Waals surface area contributed by atoms with Gasteiger partial charge in [0.05, 0.1) is 28.3 Å². The number of carbonyl (C=O) groups is 2. The molecule has 2 saturated heterocycles. The first-order valence-electron chi connectivity index (χ1n) is 15.0. The number of carbonyl (C=O) groups excluding carboxylic acids is 2. The Hall–Kier alpha value is -2.33. The molecule has 1 aromatic heterocycles. The van der Waals surface area contributed by atoms with E-state index < -0.39 is 30.1 Å². The number of aromatic nitrogens is 1. The molecule has 1 unspecified atom stereocenters. The average Bonchev–Trinajstić information content (AvgIpc) is 3.47. The highest BCUT2D eigenvalue weighted by atomic mass is 32.1. The van der Waals surface area contributed by atoms with Gasteiger partial charge in [0, 0.05) is 0 Å². The van der Waals surface area contributed by atoms with Gasteiger partial charge in [-0.2, -0.15) is 0 Å². The van der Waals surface area contributed by atoms with Crippen molar-refractivity contribution in [2.45, 2.75) is 111 Å². The maximum Gasteiger partial charge on any atom is 0.481 e. The Morgan fingerprint density at radius 3 is 2.60 bits per heavy atom. The van der Waals surface area contributed by atoms with Gasteiger partial charge in [-0.25, -0.2) is 15.1 Å². The molecule has 5 fully saturated rings. The largest absolute Gasteiger partial charge is 0.481 e. The number of aryl methyl sites for hydroxylation is 2. The molecule has 7 atom stereocenters. The zero-order valence-corrected chi connectivity index (χ0v) is 26.4. The predicted molar refractivity (Wildman–Crippen MR) is 157 cm³/mol. The van der Waals surface area contributed by atoms with Gasteiger partial charge in [-0.05, 0) is 87.7 Å². The van der Waals surface area contributed by atoms with E-state index in [1.807, 2.05) is 6.92 Å². The minimum absolute atomic E-state index is 0.000258. The van der Waals surface area contributed by atoms with Crippen molar-refractivity contribution in [2.24, 2.45) is 23.2 Å². The van der Waals surface area contributed by atoms with Gasteiger partial charge in [0.2, 0.25) is 12.2 Å². The van der Waals surface area contributed by atoms with E-state index >= 15 is 0 Å². The molecule has 4 N–H and O–H groups in total. The lowest BCUT2D eigenvalue weighted by atomic mass is 9.43. The van der Waals surface area contributed by atoms with E-state index in [4.69, 9.17) is 9.31 Å². The van der Waals surface area contributed by atoms with Gasteiger partial charge in [0.15, 0.2) is 5.03 Å². The molecule has 3 heterocycles. The van der Waals surface area contributed by atoms with Crippen LogP contribution in [-0.2, 0) is 14.1 Å². The van der Waals surface area contributed by atoms with Crippen molar-refractivity contribution in [3.05, 3.63) is 25.7 Å². The summed E-state index contributed by atoms with van der Waals surface area (Å²) in [5, 5.41) is 21.1. The predicted octanol–water partition coefficient (Wildman–Crippen LogP) is 2.32. The molecule has 2 aliphatic heterocycles. The molecule has 0 aromatic carbocycles. The van der Waals surface area contributed by atoms with Crippen LogP contribution in [0.15, 0.2) is 0 Å². The molecule has 13 nitrogen and oxygen atoms in total. The van der Waals surface area contributed by atoms with Crippen LogP contribution >= 0.6 is 11.3 Å². The van der Waals surface area contributed by atoms with Gasteiger partial charge in [-0.15, -0.1) is 16.8 Å². The van der Waals surface area contributed by atoms with E-state index in [-0.39, 0.29) is 35.2 Å². The lowest BCUT2D eigenvalue weighted by Gasteiger charge is -2.64. The third-order valence-corrected chi connectivity index (χ3v) is 10.8. The minimum atomic E-state index is -0.819. The Morgan fingerprint density at radius 1 is 1.26 bits per heavy atom. The number of nitro groups is 1. The number of amides is 2. The molecular formula is C27H44BN7O6S. The lowest BCUT2D eigenvalue weighted by molar-refractivity contribution is -0.627. The SMILES string of the molecule is Cc1nc(C)c(C(=O)N[C@@H](CCCNC2NN2[N+](=O)[O-])C(=O)N[C@@H](CC(C)C)B2O[C@@H]3C[C@@H]4C[C@@H](C4(C)C)[C@]3(C)O2)s1. The van der Waals surface area contributed by atoms with Crippen LogP contribution in [0.4, 0.5) is 0 Å². The number of nitrogens with zero attached hydrogens (tertiary/aromatic N) is 3. The average molecular weight is 606 g/mol. The number of nitrogens with one attached hydrogen (secondary N) is 4. The van der Waals surface area contributed by atoms with Crippen LogP contribution in [0.3, 0.4) is 0 Å². The van der Waals surface area contributed by atoms with Gasteiger partial charge in [-0.3, -0.25) is 14.9 Å². The van der Waals surface area contributed by atoms with Crippen molar-refractivity contribution >= 4 is 30.3 Å². The van der Waals surface area contributed by atoms with Crippen molar-refractivity contribution < 1.29 is 23.9 Å². The molecule has 3 saturated carbocycles. The first-order chi connectivity index (χ1) is 19.7. The topological polar surface area (TPSA) is 170 Å². The van der Waals surface area contributed by atoms with E-state index in [0.29, 0.717) is 48.2 Å². The van der Waals surface area contributed by atoms with Crippen LogP contribution in [0.1, 0.15) is 87.1 Å². The lowest BCUT2D eigenvalue weighted by Crippen LogP contribution is -2.65. The summed E-state index contributed by atoms with van der Waals surface area (Å²) in [4.78, 5) is 42.7.